The van der Waals surface area contributed by atoms with Gasteiger partial charge < -0.3 is 15.2 Å². The van der Waals surface area contributed by atoms with Gasteiger partial charge in [0.25, 0.3) is 0 Å². The van der Waals surface area contributed by atoms with E-state index in [4.69, 9.17) is 4.74 Å². The van der Waals surface area contributed by atoms with Gasteiger partial charge in [-0.2, -0.15) is 0 Å². The first-order valence-electron chi connectivity index (χ1n) is 13.1. The minimum absolute atomic E-state index is 0.0374. The molecule has 2 N–H and O–H groups in total. The molecule has 2 aliphatic rings. The van der Waals surface area contributed by atoms with E-state index < -0.39 is 24.5 Å². The first-order valence-corrected chi connectivity index (χ1v) is 13.1. The fourth-order valence-corrected chi connectivity index (χ4v) is 4.74. The molecule has 1 amide bonds. The summed E-state index contributed by atoms with van der Waals surface area (Å²) >= 11 is 0. The summed E-state index contributed by atoms with van der Waals surface area (Å²) in [6.07, 6.45) is 6.00. The number of Topliss-reactive ketones (excluding diaryl/α,β-unsaturated/α-hetero) is 2. The summed E-state index contributed by atoms with van der Waals surface area (Å²) in [5.41, 5.74) is 0.916. The number of benzene rings is 1. The lowest BCUT2D eigenvalue weighted by Crippen LogP contribution is -2.48. The standard InChI is InChI=1S/C28H42FNO5/c1-20(2)17-24-23(27(33)19-31)9-8-16-35-22-13-11-21(12-14-22)18-25(30-28(24)34)26(32)10-6-4-3-5-7-15-29/h11-14,20,23-25,31H,3-10,15-19H2,1-2H3,(H,30,34). The average molecular weight is 492 g/mol. The highest BCUT2D eigenvalue weighted by molar-refractivity contribution is 5.93. The van der Waals surface area contributed by atoms with Gasteiger partial charge in [-0.25, -0.2) is 0 Å². The summed E-state index contributed by atoms with van der Waals surface area (Å²) in [6, 6.07) is 6.84. The van der Waals surface area contributed by atoms with Crippen LogP contribution >= 0.6 is 0 Å². The first-order chi connectivity index (χ1) is 16.8. The maximum Gasteiger partial charge on any atom is 0.224 e. The van der Waals surface area contributed by atoms with Gasteiger partial charge in [0, 0.05) is 18.3 Å². The zero-order valence-corrected chi connectivity index (χ0v) is 21.3. The van der Waals surface area contributed by atoms with Crippen molar-refractivity contribution in [3.8, 4) is 5.75 Å². The van der Waals surface area contributed by atoms with Crippen molar-refractivity contribution >= 4 is 17.5 Å². The van der Waals surface area contributed by atoms with Crippen LogP contribution in [0.15, 0.2) is 24.3 Å². The van der Waals surface area contributed by atoms with E-state index in [1.807, 2.05) is 38.1 Å². The number of amides is 1. The molecule has 0 saturated heterocycles. The molecule has 0 radical (unpaired) electrons. The van der Waals surface area contributed by atoms with Gasteiger partial charge in [0.2, 0.25) is 5.91 Å². The van der Waals surface area contributed by atoms with Gasteiger partial charge in [0.05, 0.1) is 19.3 Å². The quantitative estimate of drug-likeness (QED) is 0.417. The number of carbonyl (C=O) groups is 3. The molecule has 2 heterocycles. The third-order valence-electron chi connectivity index (χ3n) is 6.67. The Morgan fingerprint density at radius 3 is 2.43 bits per heavy atom. The van der Waals surface area contributed by atoms with Crippen molar-refractivity contribution in [2.45, 2.75) is 84.1 Å². The van der Waals surface area contributed by atoms with Gasteiger partial charge in [-0.3, -0.25) is 18.8 Å². The number of unbranched alkanes of at least 4 members (excludes halogenated alkanes) is 4. The van der Waals surface area contributed by atoms with E-state index in [9.17, 15) is 23.9 Å². The molecule has 0 aromatic heterocycles. The van der Waals surface area contributed by atoms with E-state index in [-0.39, 0.29) is 30.1 Å². The lowest BCUT2D eigenvalue weighted by atomic mass is 9.79. The lowest BCUT2D eigenvalue weighted by Gasteiger charge is -2.29. The number of ketones is 2. The number of hydrogen-bond acceptors (Lipinski definition) is 5. The van der Waals surface area contributed by atoms with Gasteiger partial charge in [0.1, 0.15) is 12.4 Å². The molecule has 1 aromatic rings. The Bertz CT molecular complexity index is 795. The van der Waals surface area contributed by atoms with Crippen LogP contribution in [0.4, 0.5) is 4.39 Å². The molecule has 6 nitrogen and oxygen atoms in total. The largest absolute Gasteiger partial charge is 0.494 e. The van der Waals surface area contributed by atoms with E-state index in [2.05, 4.69) is 5.32 Å². The molecular formula is C28H42FNO5. The third-order valence-corrected chi connectivity index (χ3v) is 6.67. The number of fused-ring (bicyclic) bond motifs is 11. The molecule has 3 unspecified atom stereocenters. The first kappa shape index (κ1) is 29.0. The van der Waals surface area contributed by atoms with E-state index in [1.54, 1.807) is 0 Å². The molecule has 0 fully saturated rings. The van der Waals surface area contributed by atoms with Crippen molar-refractivity contribution in [1.29, 1.82) is 0 Å². The fourth-order valence-electron chi connectivity index (χ4n) is 4.74. The molecule has 2 bridgehead atoms. The van der Waals surface area contributed by atoms with Crippen LogP contribution in [0.5, 0.6) is 5.75 Å². The predicted molar refractivity (Wildman–Crippen MR) is 134 cm³/mol. The van der Waals surface area contributed by atoms with Crippen molar-refractivity contribution in [2.24, 2.45) is 17.8 Å². The number of alkyl halides is 1. The molecule has 196 valence electrons. The van der Waals surface area contributed by atoms with Gasteiger partial charge in [0.15, 0.2) is 11.6 Å². The van der Waals surface area contributed by atoms with Gasteiger partial charge >= 0.3 is 0 Å². The number of aliphatic hydroxyl groups excluding tert-OH is 1. The van der Waals surface area contributed by atoms with Crippen LogP contribution in [0.1, 0.15) is 77.2 Å². The fraction of sp³-hybridized carbons (Fsp3) is 0.679. The smallest absolute Gasteiger partial charge is 0.224 e. The SMILES string of the molecule is CC(C)CC1C(=O)NC(C(=O)CCCCCCCF)Cc2ccc(cc2)OCCCC1C(=O)CO. The molecular weight excluding hydrogens is 449 g/mol. The van der Waals surface area contributed by atoms with Crippen LogP contribution in [0.3, 0.4) is 0 Å². The van der Waals surface area contributed by atoms with E-state index in [0.717, 1.165) is 30.6 Å². The zero-order chi connectivity index (χ0) is 25.6. The number of nitrogens with one attached hydrogen (secondary N) is 1. The number of rotatable bonds is 12. The van der Waals surface area contributed by atoms with Crippen LogP contribution in [0.2, 0.25) is 0 Å². The van der Waals surface area contributed by atoms with Crippen molar-refractivity contribution in [2.75, 3.05) is 19.9 Å². The number of ether oxygens (including phenoxy) is 1. The Labute approximate surface area is 209 Å². The second-order valence-corrected chi connectivity index (χ2v) is 10.0. The van der Waals surface area contributed by atoms with Crippen LogP contribution in [0, 0.1) is 17.8 Å². The number of halogens is 1. The van der Waals surface area contributed by atoms with Gasteiger partial charge in [-0.05, 0) is 62.1 Å². The summed E-state index contributed by atoms with van der Waals surface area (Å²) in [5.74, 6) is -1.05. The Hall–Kier alpha value is -2.28. The zero-order valence-electron chi connectivity index (χ0n) is 21.3. The molecule has 35 heavy (non-hydrogen) atoms. The molecule has 2 aliphatic heterocycles. The van der Waals surface area contributed by atoms with Crippen LogP contribution in [-0.2, 0) is 20.8 Å². The summed E-state index contributed by atoms with van der Waals surface area (Å²) in [5, 5.41) is 12.6. The van der Waals surface area contributed by atoms with Crippen molar-refractivity contribution in [3.05, 3.63) is 29.8 Å². The summed E-state index contributed by atoms with van der Waals surface area (Å²) < 4.78 is 18.1. The summed E-state index contributed by atoms with van der Waals surface area (Å²) in [6.45, 7) is 3.48. The van der Waals surface area contributed by atoms with Gasteiger partial charge in [-0.15, -0.1) is 0 Å². The number of aliphatic hydroxyl groups is 1. The Balaban J connectivity index is 2.24. The highest BCUT2D eigenvalue weighted by Gasteiger charge is 2.35. The topological polar surface area (TPSA) is 92.7 Å². The monoisotopic (exact) mass is 491 g/mol. The Kier molecular flexibility index (Phi) is 13.0. The highest BCUT2D eigenvalue weighted by atomic mass is 19.1. The summed E-state index contributed by atoms with van der Waals surface area (Å²) in [7, 11) is 0. The predicted octanol–water partition coefficient (Wildman–Crippen LogP) is 4.61. The average Bonchev–Trinajstić information content (AvgIpc) is 2.84. The number of carbonyl (C=O) groups excluding carboxylic acids is 3. The van der Waals surface area contributed by atoms with Gasteiger partial charge in [-0.1, -0.05) is 45.2 Å². The van der Waals surface area contributed by atoms with Crippen LogP contribution in [0.25, 0.3) is 0 Å². The Morgan fingerprint density at radius 1 is 1.09 bits per heavy atom. The highest BCUT2D eigenvalue weighted by Crippen LogP contribution is 2.27. The minimum atomic E-state index is -0.692. The lowest BCUT2D eigenvalue weighted by molar-refractivity contribution is -0.137. The molecule has 3 rings (SSSR count). The third kappa shape index (κ3) is 10.1. The van der Waals surface area contributed by atoms with Crippen LogP contribution in [-0.4, -0.2) is 48.5 Å². The van der Waals surface area contributed by atoms with Crippen LogP contribution < -0.4 is 10.1 Å². The molecule has 0 saturated carbocycles. The molecule has 7 heteroatoms. The maximum atomic E-state index is 13.5. The van der Waals surface area contributed by atoms with Crippen molar-refractivity contribution in [3.63, 3.8) is 0 Å². The normalized spacial score (nSPS) is 21.3. The van der Waals surface area contributed by atoms with E-state index >= 15 is 0 Å². The molecule has 1 aromatic carbocycles. The molecule has 3 atom stereocenters. The summed E-state index contributed by atoms with van der Waals surface area (Å²) in [4.78, 5) is 39.3. The number of hydrogen-bond donors (Lipinski definition) is 2. The molecule has 0 spiro atoms. The van der Waals surface area contributed by atoms with Crippen molar-refractivity contribution in [1.82, 2.24) is 5.32 Å². The van der Waals surface area contributed by atoms with E-state index in [1.165, 1.54) is 0 Å². The minimum Gasteiger partial charge on any atom is -0.494 e. The second-order valence-electron chi connectivity index (χ2n) is 10.0. The second kappa shape index (κ2) is 15.7. The molecule has 0 aliphatic carbocycles. The van der Waals surface area contributed by atoms with E-state index in [0.29, 0.717) is 51.6 Å². The Morgan fingerprint density at radius 2 is 1.77 bits per heavy atom. The maximum absolute atomic E-state index is 13.5. The van der Waals surface area contributed by atoms with Crippen molar-refractivity contribution < 1.29 is 28.6 Å².